The van der Waals surface area contributed by atoms with Gasteiger partial charge in [-0.1, -0.05) is 59.1 Å². The molecule has 0 bridgehead atoms. The van der Waals surface area contributed by atoms with Crippen molar-refractivity contribution in [3.63, 3.8) is 0 Å². The molecule has 0 aromatic heterocycles. The summed E-state index contributed by atoms with van der Waals surface area (Å²) in [6.45, 7) is 5.96. The Kier molecular flexibility index (Phi) is 7.97. The van der Waals surface area contributed by atoms with E-state index in [4.69, 9.17) is 44.3 Å². The summed E-state index contributed by atoms with van der Waals surface area (Å²) in [4.78, 5) is 11.8. The van der Waals surface area contributed by atoms with Gasteiger partial charge in [-0.25, -0.2) is 0 Å². The molecule has 3 aromatic rings. The Hall–Kier alpha value is -2.24. The van der Waals surface area contributed by atoms with Gasteiger partial charge in [-0.2, -0.15) is 0 Å². The summed E-state index contributed by atoms with van der Waals surface area (Å²) in [5.74, 6) is -0.0473. The number of aliphatic hydroxyl groups excluding tert-OH is 1. The molecule has 184 valence electrons. The van der Waals surface area contributed by atoms with Crippen LogP contribution in [0.3, 0.4) is 0 Å². The first-order valence-electron chi connectivity index (χ1n) is 11.4. The third-order valence-corrected chi connectivity index (χ3v) is 7.32. The molecule has 1 heterocycles. The quantitative estimate of drug-likeness (QED) is 0.269. The number of benzene rings is 3. The SMILES string of the molecule is Cc1ccc(C(c2ccc(C)c(Cl)c2)c2cc(Cl)cc(C)c2OC[C@@H]2C[C@@H](O)CC(=O)O2)cc1Cl. The van der Waals surface area contributed by atoms with E-state index in [0.29, 0.717) is 27.2 Å². The number of hydrogen-bond acceptors (Lipinski definition) is 4. The van der Waals surface area contributed by atoms with Crippen LogP contribution in [0.25, 0.3) is 0 Å². The molecule has 1 aliphatic rings. The van der Waals surface area contributed by atoms with E-state index in [0.717, 1.165) is 33.4 Å². The number of rotatable bonds is 6. The molecule has 1 fully saturated rings. The Morgan fingerprint density at radius 3 is 2.09 bits per heavy atom. The molecule has 7 heteroatoms. The fraction of sp³-hybridized carbons (Fsp3) is 0.321. The zero-order valence-electron chi connectivity index (χ0n) is 19.8. The standard InChI is InChI=1S/C28H27Cl3O4/c1-15-4-6-18(9-24(15)30)27(19-7-5-16(2)25(31)10-19)23-11-20(29)8-17(3)28(23)34-14-22-12-21(32)13-26(33)35-22/h4-11,21-22,27,32H,12-14H2,1-3H3/t21-,22+/m1/s1. The van der Waals surface area contributed by atoms with Crippen LogP contribution >= 0.6 is 34.8 Å². The van der Waals surface area contributed by atoms with E-state index in [1.807, 2.05) is 69.3 Å². The van der Waals surface area contributed by atoms with Crippen LogP contribution in [0, 0.1) is 20.8 Å². The fourth-order valence-electron chi connectivity index (χ4n) is 4.44. The Bertz CT molecular complexity index is 1210. The average molecular weight is 534 g/mol. The van der Waals surface area contributed by atoms with Gasteiger partial charge in [0.05, 0.1) is 12.5 Å². The van der Waals surface area contributed by atoms with Crippen LogP contribution < -0.4 is 4.74 Å². The first kappa shape index (κ1) is 25.8. The molecule has 1 aliphatic heterocycles. The molecular weight excluding hydrogens is 507 g/mol. The Labute approximate surface area is 220 Å². The lowest BCUT2D eigenvalue weighted by Gasteiger charge is -2.28. The van der Waals surface area contributed by atoms with Crippen molar-refractivity contribution >= 4 is 40.8 Å². The second-order valence-corrected chi connectivity index (χ2v) is 10.4. The van der Waals surface area contributed by atoms with Crippen LogP contribution in [-0.2, 0) is 9.53 Å². The predicted molar refractivity (Wildman–Crippen MR) is 140 cm³/mol. The monoisotopic (exact) mass is 532 g/mol. The van der Waals surface area contributed by atoms with Gasteiger partial charge >= 0.3 is 5.97 Å². The molecule has 0 radical (unpaired) electrons. The number of carbonyl (C=O) groups excluding carboxylic acids is 1. The number of aryl methyl sites for hydroxylation is 3. The van der Waals surface area contributed by atoms with Crippen LogP contribution in [0.4, 0.5) is 0 Å². The molecule has 35 heavy (non-hydrogen) atoms. The van der Waals surface area contributed by atoms with Crippen molar-refractivity contribution in [2.45, 2.75) is 51.7 Å². The molecule has 2 atom stereocenters. The molecule has 4 nitrogen and oxygen atoms in total. The normalized spacial score (nSPS) is 18.0. The molecule has 0 saturated carbocycles. The molecule has 1 saturated heterocycles. The minimum Gasteiger partial charge on any atom is -0.489 e. The zero-order valence-corrected chi connectivity index (χ0v) is 22.0. The lowest BCUT2D eigenvalue weighted by atomic mass is 9.83. The number of halogens is 3. The lowest BCUT2D eigenvalue weighted by molar-refractivity contribution is -0.162. The number of cyclic esters (lactones) is 1. The number of esters is 1. The second-order valence-electron chi connectivity index (χ2n) is 9.11. The summed E-state index contributed by atoms with van der Waals surface area (Å²) in [6, 6.07) is 15.7. The van der Waals surface area contributed by atoms with Crippen molar-refractivity contribution in [1.29, 1.82) is 0 Å². The molecule has 1 N–H and O–H groups in total. The largest absolute Gasteiger partial charge is 0.489 e. The Morgan fingerprint density at radius 1 is 0.943 bits per heavy atom. The van der Waals surface area contributed by atoms with Crippen molar-refractivity contribution in [1.82, 2.24) is 0 Å². The van der Waals surface area contributed by atoms with Crippen molar-refractivity contribution < 1.29 is 19.4 Å². The zero-order chi connectivity index (χ0) is 25.3. The van der Waals surface area contributed by atoms with Crippen LogP contribution in [0.15, 0.2) is 48.5 Å². The van der Waals surface area contributed by atoms with Crippen molar-refractivity contribution in [2.75, 3.05) is 6.61 Å². The smallest absolute Gasteiger partial charge is 0.308 e. The summed E-state index contributed by atoms with van der Waals surface area (Å²) >= 11 is 19.6. The summed E-state index contributed by atoms with van der Waals surface area (Å²) in [5.41, 5.74) is 5.58. The van der Waals surface area contributed by atoms with E-state index in [1.165, 1.54) is 0 Å². The molecule has 0 aliphatic carbocycles. The average Bonchev–Trinajstić information content (AvgIpc) is 2.77. The van der Waals surface area contributed by atoms with E-state index in [9.17, 15) is 9.90 Å². The number of carbonyl (C=O) groups is 1. The molecule has 0 unspecified atom stereocenters. The van der Waals surface area contributed by atoms with Gasteiger partial charge in [0.2, 0.25) is 0 Å². The van der Waals surface area contributed by atoms with E-state index >= 15 is 0 Å². The van der Waals surface area contributed by atoms with Crippen LogP contribution in [0.5, 0.6) is 5.75 Å². The third-order valence-electron chi connectivity index (χ3n) is 6.29. The molecule has 0 spiro atoms. The number of ether oxygens (including phenoxy) is 2. The highest BCUT2D eigenvalue weighted by atomic mass is 35.5. The summed E-state index contributed by atoms with van der Waals surface area (Å²) in [5, 5.41) is 11.9. The van der Waals surface area contributed by atoms with Gasteiger partial charge in [-0.05, 0) is 72.9 Å². The highest BCUT2D eigenvalue weighted by Gasteiger charge is 2.29. The maximum atomic E-state index is 11.8. The predicted octanol–water partition coefficient (Wildman–Crippen LogP) is 7.20. The van der Waals surface area contributed by atoms with Crippen LogP contribution in [0.1, 0.15) is 52.1 Å². The van der Waals surface area contributed by atoms with Crippen LogP contribution in [-0.4, -0.2) is 29.9 Å². The Morgan fingerprint density at radius 2 is 1.54 bits per heavy atom. The van der Waals surface area contributed by atoms with Gasteiger partial charge in [0.15, 0.2) is 0 Å². The summed E-state index contributed by atoms with van der Waals surface area (Å²) in [7, 11) is 0. The third kappa shape index (κ3) is 5.95. The van der Waals surface area contributed by atoms with Gasteiger partial charge in [-0.3, -0.25) is 4.79 Å². The topological polar surface area (TPSA) is 55.8 Å². The fourth-order valence-corrected chi connectivity index (χ4v) is 5.10. The van der Waals surface area contributed by atoms with Crippen molar-refractivity contribution in [2.24, 2.45) is 0 Å². The summed E-state index contributed by atoms with van der Waals surface area (Å²) < 4.78 is 11.7. The van der Waals surface area contributed by atoms with E-state index in [2.05, 4.69) is 0 Å². The first-order chi connectivity index (χ1) is 16.6. The highest BCUT2D eigenvalue weighted by Crippen LogP contribution is 2.42. The lowest BCUT2D eigenvalue weighted by Crippen LogP contribution is -2.36. The molecule has 0 amide bonds. The summed E-state index contributed by atoms with van der Waals surface area (Å²) in [6.07, 6.45) is -0.923. The molecule has 4 rings (SSSR count). The van der Waals surface area contributed by atoms with Crippen molar-refractivity contribution in [3.8, 4) is 5.75 Å². The van der Waals surface area contributed by atoms with Gasteiger partial charge in [-0.15, -0.1) is 0 Å². The second kappa shape index (κ2) is 10.8. The van der Waals surface area contributed by atoms with E-state index in [-0.39, 0.29) is 18.9 Å². The van der Waals surface area contributed by atoms with Crippen LogP contribution in [0.2, 0.25) is 15.1 Å². The highest BCUT2D eigenvalue weighted by molar-refractivity contribution is 6.32. The van der Waals surface area contributed by atoms with E-state index in [1.54, 1.807) is 0 Å². The number of aliphatic hydroxyl groups is 1. The van der Waals surface area contributed by atoms with E-state index < -0.39 is 18.2 Å². The maximum absolute atomic E-state index is 11.8. The van der Waals surface area contributed by atoms with Gasteiger partial charge in [0.1, 0.15) is 18.5 Å². The van der Waals surface area contributed by atoms with Gasteiger partial charge in [0, 0.05) is 33.0 Å². The Balaban J connectivity index is 1.81. The minimum absolute atomic E-state index is 0.00611. The minimum atomic E-state index is -0.729. The van der Waals surface area contributed by atoms with Crippen molar-refractivity contribution in [3.05, 3.63) is 97.0 Å². The first-order valence-corrected chi connectivity index (χ1v) is 12.6. The van der Waals surface area contributed by atoms with Gasteiger partial charge in [0.25, 0.3) is 0 Å². The number of hydrogen-bond donors (Lipinski definition) is 1. The molecular formula is C28H27Cl3O4. The van der Waals surface area contributed by atoms with Gasteiger partial charge < -0.3 is 14.6 Å². The maximum Gasteiger partial charge on any atom is 0.308 e. The molecule has 3 aromatic carbocycles.